The van der Waals surface area contributed by atoms with Crippen LogP contribution in [0.2, 0.25) is 0 Å². The maximum Gasteiger partial charge on any atom is 0.258 e. The van der Waals surface area contributed by atoms with Gasteiger partial charge in [0, 0.05) is 43.1 Å². The molecule has 12 heteroatoms. The van der Waals surface area contributed by atoms with Crippen molar-refractivity contribution in [3.05, 3.63) is 36.5 Å². The fourth-order valence-electron chi connectivity index (χ4n) is 3.25. The van der Waals surface area contributed by atoms with E-state index in [0.29, 0.717) is 29.3 Å². The van der Waals surface area contributed by atoms with Crippen LogP contribution in [0.15, 0.2) is 41.6 Å². The van der Waals surface area contributed by atoms with Crippen LogP contribution >= 0.6 is 0 Å². The molecule has 1 aliphatic heterocycles. The lowest BCUT2D eigenvalue weighted by Gasteiger charge is -2.31. The minimum atomic E-state index is -3.83. The van der Waals surface area contributed by atoms with Gasteiger partial charge in [0.15, 0.2) is 20.6 Å². The third-order valence-electron chi connectivity index (χ3n) is 4.79. The Kier molecular flexibility index (Phi) is 5.27. The number of rotatable bonds is 6. The zero-order valence-corrected chi connectivity index (χ0v) is 20.2. The number of nitrogens with zero attached hydrogens (tertiary/aromatic N) is 3. The van der Waals surface area contributed by atoms with Gasteiger partial charge in [-0.05, 0) is 26.0 Å². The fraction of sp³-hybridized carbons (Fsp3) is 0.304. The first-order valence-corrected chi connectivity index (χ1v) is 12.3. The Morgan fingerprint density at radius 1 is 1.20 bits per heavy atom. The Morgan fingerprint density at radius 2 is 2.00 bits per heavy atom. The monoisotopic (exact) mass is 502 g/mol. The molecule has 1 aliphatic rings. The summed E-state index contributed by atoms with van der Waals surface area (Å²) in [7, 11) is -6.65. The van der Waals surface area contributed by atoms with Crippen molar-refractivity contribution < 1.29 is 31.5 Å². The van der Waals surface area contributed by atoms with E-state index in [1.165, 1.54) is 25.3 Å². The molecule has 0 saturated heterocycles. The molecule has 0 spiro atoms. The summed E-state index contributed by atoms with van der Waals surface area (Å²) < 4.78 is 63.2. The average molecular weight is 503 g/mol. The molecule has 0 fully saturated rings. The van der Waals surface area contributed by atoms with Crippen molar-refractivity contribution in [2.24, 2.45) is 0 Å². The van der Waals surface area contributed by atoms with Gasteiger partial charge in [0.1, 0.15) is 29.6 Å². The Balaban J connectivity index is 1.81. The lowest BCUT2D eigenvalue weighted by Crippen LogP contribution is -2.39. The number of ether oxygens (including phenoxy) is 3. The van der Waals surface area contributed by atoms with Crippen molar-refractivity contribution in [3.8, 4) is 28.6 Å². The van der Waals surface area contributed by atoms with Crippen molar-refractivity contribution in [2.75, 3.05) is 30.5 Å². The molecule has 184 valence electrons. The van der Waals surface area contributed by atoms with Crippen LogP contribution in [0.1, 0.15) is 24.9 Å². The number of carbonyl (C=O) groups excluding carboxylic acids is 1. The minimum absolute atomic E-state index is 0.0351. The van der Waals surface area contributed by atoms with Crippen LogP contribution in [0.5, 0.6) is 17.4 Å². The molecule has 35 heavy (non-hydrogen) atoms. The SMILES string of the molecule is [2H]C([2H])([2H])Oc1cc(Nc2cc(NC(C)=O)ncc2-c2ccc3c(n2)OC(C)(C)CO3)nc(S(C)(=O)=O)c1. The molecule has 2 N–H and O–H groups in total. The second-order valence-electron chi connectivity index (χ2n) is 8.47. The Bertz CT molecular complexity index is 1510. The zero-order valence-electron chi connectivity index (χ0n) is 22.4. The van der Waals surface area contributed by atoms with Gasteiger partial charge >= 0.3 is 0 Å². The van der Waals surface area contributed by atoms with Crippen LogP contribution in [-0.2, 0) is 14.6 Å². The second-order valence-corrected chi connectivity index (χ2v) is 10.4. The highest BCUT2D eigenvalue weighted by Crippen LogP contribution is 2.38. The summed E-state index contributed by atoms with van der Waals surface area (Å²) >= 11 is 0. The van der Waals surface area contributed by atoms with Gasteiger partial charge in [0.25, 0.3) is 5.88 Å². The number of hydrogen-bond donors (Lipinski definition) is 2. The molecular formula is C23H25N5O6S. The fourth-order valence-corrected chi connectivity index (χ4v) is 3.84. The molecule has 0 bridgehead atoms. The molecule has 11 nitrogen and oxygen atoms in total. The first-order valence-electron chi connectivity index (χ1n) is 11.9. The third-order valence-corrected chi connectivity index (χ3v) is 5.76. The number of methoxy groups -OCH3 is 1. The highest BCUT2D eigenvalue weighted by molar-refractivity contribution is 7.90. The predicted octanol–water partition coefficient (Wildman–Crippen LogP) is 3.20. The van der Waals surface area contributed by atoms with Gasteiger partial charge in [-0.3, -0.25) is 4.79 Å². The molecule has 1 amide bonds. The molecule has 0 atom stereocenters. The number of carbonyl (C=O) groups is 1. The van der Waals surface area contributed by atoms with Crippen molar-refractivity contribution >= 4 is 33.1 Å². The van der Waals surface area contributed by atoms with E-state index >= 15 is 0 Å². The summed E-state index contributed by atoms with van der Waals surface area (Å²) in [5, 5.41) is 5.15. The minimum Gasteiger partial charge on any atom is -0.497 e. The van der Waals surface area contributed by atoms with Crippen molar-refractivity contribution in [3.63, 3.8) is 0 Å². The lowest BCUT2D eigenvalue weighted by atomic mass is 10.1. The van der Waals surface area contributed by atoms with Crippen molar-refractivity contribution in [1.82, 2.24) is 15.0 Å². The van der Waals surface area contributed by atoms with E-state index in [9.17, 15) is 13.2 Å². The van der Waals surface area contributed by atoms with Gasteiger partial charge in [-0.15, -0.1) is 0 Å². The summed E-state index contributed by atoms with van der Waals surface area (Å²) in [6.07, 6.45) is 2.39. The molecule has 4 heterocycles. The van der Waals surface area contributed by atoms with Crippen LogP contribution < -0.4 is 24.8 Å². The van der Waals surface area contributed by atoms with Gasteiger partial charge < -0.3 is 24.8 Å². The molecule has 0 aliphatic carbocycles. The van der Waals surface area contributed by atoms with Gasteiger partial charge in [-0.25, -0.2) is 23.4 Å². The highest BCUT2D eigenvalue weighted by Gasteiger charge is 2.29. The number of anilines is 3. The number of amides is 1. The van der Waals surface area contributed by atoms with Crippen LogP contribution in [0.4, 0.5) is 17.3 Å². The summed E-state index contributed by atoms with van der Waals surface area (Å²) in [6, 6.07) is 7.14. The van der Waals surface area contributed by atoms with Crippen molar-refractivity contribution in [1.29, 1.82) is 0 Å². The Morgan fingerprint density at radius 3 is 2.71 bits per heavy atom. The first kappa shape index (κ1) is 20.4. The van der Waals surface area contributed by atoms with Crippen molar-refractivity contribution in [2.45, 2.75) is 31.4 Å². The standard InChI is InChI=1S/C23H25N5O6S/c1-13(29)25-19-10-17(26-20-8-14(32-4)9-21(28-20)35(5,30)31)15(11-24-19)16-6-7-18-22(27-16)34-23(2,3)12-33-18/h6-11H,12H2,1-5H3,(H2,24,25,26,28,29)/i4D3. The smallest absolute Gasteiger partial charge is 0.258 e. The number of hydrogen-bond acceptors (Lipinski definition) is 10. The number of aromatic nitrogens is 3. The summed E-state index contributed by atoms with van der Waals surface area (Å²) in [5.74, 6) is 0.315. The van der Waals surface area contributed by atoms with Gasteiger partial charge in [-0.2, -0.15) is 0 Å². The third kappa shape index (κ3) is 5.60. The molecule has 0 saturated carbocycles. The van der Waals surface area contributed by atoms with E-state index in [-0.39, 0.29) is 29.2 Å². The Hall–Kier alpha value is -3.93. The van der Waals surface area contributed by atoms with E-state index in [1.54, 1.807) is 12.1 Å². The first-order chi connectivity index (χ1) is 17.6. The molecule has 0 unspecified atom stereocenters. The van der Waals surface area contributed by atoms with Gasteiger partial charge in [-0.1, -0.05) is 0 Å². The normalized spacial score (nSPS) is 15.8. The van der Waals surface area contributed by atoms with Gasteiger partial charge in [0.05, 0.1) is 22.5 Å². The average Bonchev–Trinajstić information content (AvgIpc) is 2.76. The summed E-state index contributed by atoms with van der Waals surface area (Å²) in [5.41, 5.74) is 0.596. The largest absolute Gasteiger partial charge is 0.497 e. The van der Waals surface area contributed by atoms with E-state index in [0.717, 1.165) is 12.3 Å². The number of nitrogens with one attached hydrogen (secondary N) is 2. The van der Waals surface area contributed by atoms with Crippen LogP contribution in [0, 0.1) is 0 Å². The molecule has 3 aromatic rings. The van der Waals surface area contributed by atoms with Crippen LogP contribution in [-0.4, -0.2) is 54.8 Å². The number of sulfone groups is 1. The number of fused-ring (bicyclic) bond motifs is 1. The Labute approximate surface area is 207 Å². The van der Waals surface area contributed by atoms with E-state index in [1.807, 2.05) is 13.8 Å². The molecule has 0 aromatic carbocycles. The van der Waals surface area contributed by atoms with Gasteiger partial charge in [0.2, 0.25) is 5.91 Å². The molecule has 3 aromatic heterocycles. The number of pyridine rings is 3. The second kappa shape index (κ2) is 9.02. The maximum atomic E-state index is 12.2. The van der Waals surface area contributed by atoms with E-state index in [4.69, 9.17) is 18.3 Å². The van der Waals surface area contributed by atoms with E-state index < -0.39 is 27.5 Å². The zero-order chi connectivity index (χ0) is 27.9. The van der Waals surface area contributed by atoms with Crippen LogP contribution in [0.25, 0.3) is 11.3 Å². The lowest BCUT2D eigenvalue weighted by molar-refractivity contribution is -0.114. The summed E-state index contributed by atoms with van der Waals surface area (Å²) in [4.78, 5) is 24.6. The molecule has 0 radical (unpaired) electrons. The maximum absolute atomic E-state index is 12.2. The topological polar surface area (TPSA) is 142 Å². The predicted molar refractivity (Wildman–Crippen MR) is 129 cm³/mol. The highest BCUT2D eigenvalue weighted by atomic mass is 32.2. The van der Waals surface area contributed by atoms with E-state index in [2.05, 4.69) is 25.6 Å². The molecular weight excluding hydrogens is 474 g/mol. The molecule has 4 rings (SSSR count). The van der Waals surface area contributed by atoms with Crippen LogP contribution in [0.3, 0.4) is 0 Å². The quantitative estimate of drug-likeness (QED) is 0.516. The summed E-state index contributed by atoms with van der Waals surface area (Å²) in [6.45, 7) is 5.40.